The highest BCUT2D eigenvalue weighted by Gasteiger charge is 2.03. The van der Waals surface area contributed by atoms with E-state index in [1.807, 2.05) is 0 Å². The van der Waals surface area contributed by atoms with Crippen molar-refractivity contribution in [3.63, 3.8) is 0 Å². The van der Waals surface area contributed by atoms with Crippen LogP contribution in [0.5, 0.6) is 0 Å². The summed E-state index contributed by atoms with van der Waals surface area (Å²) in [5.74, 6) is 0. The molecule has 0 atom stereocenters. The van der Waals surface area contributed by atoms with Crippen molar-refractivity contribution < 1.29 is 0 Å². The van der Waals surface area contributed by atoms with E-state index in [4.69, 9.17) is 0 Å². The highest BCUT2D eigenvalue weighted by Crippen LogP contribution is 2.11. The summed E-state index contributed by atoms with van der Waals surface area (Å²) < 4.78 is 0. The predicted molar refractivity (Wildman–Crippen MR) is 103 cm³/mol. The van der Waals surface area contributed by atoms with Gasteiger partial charge in [0.2, 0.25) is 0 Å². The Kier molecular flexibility index (Phi) is 14.9. The minimum atomic E-state index is 1.21. The second-order valence-electron chi connectivity index (χ2n) is 7.08. The lowest BCUT2D eigenvalue weighted by Crippen LogP contribution is -2.27. The second-order valence-corrected chi connectivity index (χ2v) is 7.08. The van der Waals surface area contributed by atoms with Crippen LogP contribution in [0.25, 0.3) is 0 Å². The van der Waals surface area contributed by atoms with Gasteiger partial charge in [-0.25, -0.2) is 0 Å². The molecule has 0 aromatic rings. The largest absolute Gasteiger partial charge is 0.303 e. The number of rotatable bonds is 16. The van der Waals surface area contributed by atoms with E-state index in [0.717, 1.165) is 0 Å². The molecule has 0 N–H and O–H groups in total. The monoisotopic (exact) mass is 307 g/mol. The molecule has 0 heterocycles. The number of unbranched alkanes of at least 4 members (excludes halogenated alkanes) is 6. The molecule has 0 unspecified atom stereocenters. The third-order valence-electron chi connectivity index (χ3n) is 4.20. The van der Waals surface area contributed by atoms with E-state index in [9.17, 15) is 0 Å². The van der Waals surface area contributed by atoms with Crippen molar-refractivity contribution in [1.29, 1.82) is 0 Å². The summed E-state index contributed by atoms with van der Waals surface area (Å²) in [6.07, 6.45) is 14.6. The van der Waals surface area contributed by atoms with Gasteiger partial charge in [-0.2, -0.15) is 0 Å². The van der Waals surface area contributed by atoms with Gasteiger partial charge in [-0.3, -0.25) is 0 Å². The molecule has 0 aliphatic heterocycles. The van der Waals surface area contributed by atoms with Gasteiger partial charge in [-0.1, -0.05) is 43.8 Å². The van der Waals surface area contributed by atoms with Crippen LogP contribution < -0.4 is 0 Å². The van der Waals surface area contributed by atoms with Gasteiger partial charge in [0.1, 0.15) is 0 Å². The van der Waals surface area contributed by atoms with Crippen LogP contribution in [0.1, 0.15) is 91.4 Å². The molecule has 1 nitrogen and oxygen atoms in total. The maximum atomic E-state index is 3.98. The molecule has 0 bridgehead atoms. The second kappa shape index (κ2) is 15.3. The first-order valence-corrected chi connectivity index (χ1v) is 9.57. The van der Waals surface area contributed by atoms with Crippen LogP contribution in [0.15, 0.2) is 24.3 Å². The zero-order chi connectivity index (χ0) is 16.6. The molecule has 22 heavy (non-hydrogen) atoms. The first-order valence-electron chi connectivity index (χ1n) is 9.57. The third-order valence-corrected chi connectivity index (χ3v) is 4.20. The maximum Gasteiger partial charge on any atom is -0.00187 e. The number of hydrogen-bond acceptors (Lipinski definition) is 1. The van der Waals surface area contributed by atoms with Crippen molar-refractivity contribution in [2.75, 3.05) is 19.6 Å². The highest BCUT2D eigenvalue weighted by molar-refractivity contribution is 4.87. The third kappa shape index (κ3) is 15.8. The van der Waals surface area contributed by atoms with E-state index in [0.29, 0.717) is 0 Å². The van der Waals surface area contributed by atoms with Gasteiger partial charge in [0.15, 0.2) is 0 Å². The van der Waals surface area contributed by atoms with Gasteiger partial charge in [-0.05, 0) is 78.4 Å². The van der Waals surface area contributed by atoms with E-state index in [1.165, 1.54) is 101 Å². The summed E-state index contributed by atoms with van der Waals surface area (Å²) in [5.41, 5.74) is 2.66. The summed E-state index contributed by atoms with van der Waals surface area (Å²) in [6, 6.07) is 0. The normalized spacial score (nSPS) is 11.1. The topological polar surface area (TPSA) is 3.24 Å². The minimum Gasteiger partial charge on any atom is -0.303 e. The molecule has 0 aromatic heterocycles. The van der Waals surface area contributed by atoms with Crippen molar-refractivity contribution in [1.82, 2.24) is 4.90 Å². The van der Waals surface area contributed by atoms with E-state index < -0.39 is 0 Å². The quantitative estimate of drug-likeness (QED) is 0.225. The first-order chi connectivity index (χ1) is 10.6. The van der Waals surface area contributed by atoms with E-state index >= 15 is 0 Å². The van der Waals surface area contributed by atoms with Crippen LogP contribution in [-0.2, 0) is 0 Å². The van der Waals surface area contributed by atoms with Crippen molar-refractivity contribution in [3.05, 3.63) is 24.3 Å². The predicted octanol–water partition coefficient (Wildman–Crippen LogP) is 6.75. The molecular formula is C21H41N. The summed E-state index contributed by atoms with van der Waals surface area (Å²) in [5, 5.41) is 0. The lowest BCUT2D eigenvalue weighted by molar-refractivity contribution is 0.261. The van der Waals surface area contributed by atoms with E-state index in [-0.39, 0.29) is 0 Å². The fourth-order valence-corrected chi connectivity index (χ4v) is 2.88. The molecule has 0 aromatic carbocycles. The zero-order valence-electron chi connectivity index (χ0n) is 15.8. The van der Waals surface area contributed by atoms with E-state index in [1.54, 1.807) is 0 Å². The van der Waals surface area contributed by atoms with Gasteiger partial charge >= 0.3 is 0 Å². The smallest absolute Gasteiger partial charge is 0.00187 e. The molecule has 0 saturated heterocycles. The Morgan fingerprint density at radius 1 is 0.636 bits per heavy atom. The zero-order valence-corrected chi connectivity index (χ0v) is 15.8. The van der Waals surface area contributed by atoms with E-state index in [2.05, 4.69) is 38.8 Å². The molecule has 0 radical (unpaired) electrons. The molecule has 0 spiro atoms. The standard InChI is InChI=1S/C21H41N/c1-6-17-22(19-14-10-12-16-21(4)5)18-13-9-7-8-11-15-20(2)3/h2,4,6-19H2,1,3,5H3. The van der Waals surface area contributed by atoms with Crippen LogP contribution in [0, 0.1) is 0 Å². The highest BCUT2D eigenvalue weighted by atomic mass is 15.1. The average molecular weight is 308 g/mol. The SMILES string of the molecule is C=C(C)CCCCCCCN(CCC)CCCCCC(=C)C. The Hall–Kier alpha value is -0.560. The molecule has 0 saturated carbocycles. The Bertz CT molecular complexity index is 280. The van der Waals surface area contributed by atoms with Crippen LogP contribution in [-0.4, -0.2) is 24.5 Å². The number of nitrogens with zero attached hydrogens (tertiary/aromatic N) is 1. The van der Waals surface area contributed by atoms with Gasteiger partial charge < -0.3 is 4.90 Å². The van der Waals surface area contributed by atoms with Gasteiger partial charge in [-0.15, -0.1) is 13.2 Å². The first kappa shape index (κ1) is 21.4. The van der Waals surface area contributed by atoms with Crippen molar-refractivity contribution >= 4 is 0 Å². The van der Waals surface area contributed by atoms with Crippen LogP contribution in [0.2, 0.25) is 0 Å². The van der Waals surface area contributed by atoms with Crippen molar-refractivity contribution in [2.24, 2.45) is 0 Å². The lowest BCUT2D eigenvalue weighted by Gasteiger charge is -2.21. The van der Waals surface area contributed by atoms with Crippen molar-refractivity contribution in [3.8, 4) is 0 Å². The molecule has 130 valence electrons. The summed E-state index contributed by atoms with van der Waals surface area (Å²) in [7, 11) is 0. The molecular weight excluding hydrogens is 266 g/mol. The minimum absolute atomic E-state index is 1.21. The maximum absolute atomic E-state index is 3.98. The van der Waals surface area contributed by atoms with Gasteiger partial charge in [0.05, 0.1) is 0 Å². The molecule has 0 fully saturated rings. The Morgan fingerprint density at radius 2 is 1.05 bits per heavy atom. The van der Waals surface area contributed by atoms with Gasteiger partial charge in [0, 0.05) is 0 Å². The molecule has 0 rings (SSSR count). The molecule has 0 aliphatic carbocycles. The van der Waals surface area contributed by atoms with Crippen molar-refractivity contribution in [2.45, 2.75) is 91.4 Å². The number of hydrogen-bond donors (Lipinski definition) is 0. The van der Waals surface area contributed by atoms with Gasteiger partial charge in [0.25, 0.3) is 0 Å². The average Bonchev–Trinajstić information content (AvgIpc) is 2.45. The Balaban J connectivity index is 3.54. The summed E-state index contributed by atoms with van der Waals surface area (Å²) in [6.45, 7) is 18.4. The Morgan fingerprint density at radius 3 is 1.50 bits per heavy atom. The fraction of sp³-hybridized carbons (Fsp3) is 0.810. The molecule has 1 heteroatoms. The molecule has 0 aliphatic rings. The van der Waals surface area contributed by atoms with Crippen LogP contribution in [0.3, 0.4) is 0 Å². The lowest BCUT2D eigenvalue weighted by atomic mass is 10.1. The summed E-state index contributed by atoms with van der Waals surface area (Å²) in [4.78, 5) is 2.68. The van der Waals surface area contributed by atoms with Crippen LogP contribution in [0.4, 0.5) is 0 Å². The summed E-state index contributed by atoms with van der Waals surface area (Å²) >= 11 is 0. The number of allylic oxidation sites excluding steroid dienone is 2. The van der Waals surface area contributed by atoms with Crippen LogP contribution >= 0.6 is 0 Å². The molecule has 0 amide bonds. The Labute approximate surface area is 140 Å². The fourth-order valence-electron chi connectivity index (χ4n) is 2.88.